The van der Waals surface area contributed by atoms with Crippen molar-refractivity contribution in [3.8, 4) is 0 Å². The lowest BCUT2D eigenvalue weighted by Gasteiger charge is -2.15. The van der Waals surface area contributed by atoms with Gasteiger partial charge < -0.3 is 9.88 Å². The maximum atomic E-state index is 13.1. The standard InChI is InChI=1S/C22H23FN4O3S2/c1-3-14-27-20(15-32(29,30)18-8-6-5-7-9-18)25-26-22(27)31-19(4-2)21(28)24-17-12-10-16(23)11-13-17/h3,5-13,19H,1,4,14-15H2,2H3,(H,24,28). The van der Waals surface area contributed by atoms with E-state index in [0.717, 1.165) is 0 Å². The summed E-state index contributed by atoms with van der Waals surface area (Å²) in [7, 11) is -3.61. The first-order valence-electron chi connectivity index (χ1n) is 9.88. The molecule has 0 radical (unpaired) electrons. The molecule has 1 amide bonds. The fourth-order valence-corrected chi connectivity index (χ4v) is 5.19. The number of halogens is 1. The van der Waals surface area contributed by atoms with Crippen LogP contribution in [0.5, 0.6) is 0 Å². The van der Waals surface area contributed by atoms with Crippen LogP contribution in [-0.4, -0.2) is 34.3 Å². The van der Waals surface area contributed by atoms with E-state index in [1.807, 2.05) is 6.92 Å². The molecular weight excluding hydrogens is 451 g/mol. The Labute approximate surface area is 190 Å². The van der Waals surface area contributed by atoms with Crippen LogP contribution in [-0.2, 0) is 26.9 Å². The van der Waals surface area contributed by atoms with Crippen molar-refractivity contribution in [2.75, 3.05) is 5.32 Å². The molecule has 168 valence electrons. The molecular formula is C22H23FN4O3S2. The number of thioether (sulfide) groups is 1. The quantitative estimate of drug-likeness (QED) is 0.351. The first-order chi connectivity index (χ1) is 15.3. The second kappa shape index (κ2) is 10.6. The Morgan fingerprint density at radius 1 is 1.19 bits per heavy atom. The minimum atomic E-state index is -3.61. The molecule has 1 N–H and O–H groups in total. The third-order valence-electron chi connectivity index (χ3n) is 4.55. The number of carbonyl (C=O) groups excluding carboxylic acids is 1. The zero-order chi connectivity index (χ0) is 23.1. The first-order valence-corrected chi connectivity index (χ1v) is 12.4. The molecule has 0 saturated heterocycles. The first kappa shape index (κ1) is 23.7. The number of hydrogen-bond donors (Lipinski definition) is 1. The van der Waals surface area contributed by atoms with Crippen LogP contribution >= 0.6 is 11.8 Å². The Kier molecular flexibility index (Phi) is 7.81. The highest BCUT2D eigenvalue weighted by atomic mass is 32.2. The van der Waals surface area contributed by atoms with Crippen molar-refractivity contribution in [3.63, 3.8) is 0 Å². The summed E-state index contributed by atoms with van der Waals surface area (Å²) >= 11 is 1.19. The number of nitrogens with one attached hydrogen (secondary N) is 1. The van der Waals surface area contributed by atoms with Gasteiger partial charge >= 0.3 is 0 Å². The topological polar surface area (TPSA) is 93.9 Å². The Morgan fingerprint density at radius 3 is 2.50 bits per heavy atom. The molecule has 0 fully saturated rings. The van der Waals surface area contributed by atoms with E-state index in [9.17, 15) is 17.6 Å². The molecule has 1 aromatic heterocycles. The van der Waals surface area contributed by atoms with E-state index < -0.39 is 15.1 Å². The van der Waals surface area contributed by atoms with Crippen molar-refractivity contribution in [2.24, 2.45) is 0 Å². The molecule has 1 heterocycles. The zero-order valence-electron chi connectivity index (χ0n) is 17.4. The molecule has 0 aliphatic rings. The largest absolute Gasteiger partial charge is 0.325 e. The van der Waals surface area contributed by atoms with Gasteiger partial charge in [-0.2, -0.15) is 0 Å². The lowest BCUT2D eigenvalue weighted by atomic mass is 10.2. The molecule has 0 spiro atoms. The normalized spacial score (nSPS) is 12.3. The molecule has 7 nitrogen and oxygen atoms in total. The molecule has 1 unspecified atom stereocenters. The summed E-state index contributed by atoms with van der Waals surface area (Å²) in [4.78, 5) is 12.9. The highest BCUT2D eigenvalue weighted by Crippen LogP contribution is 2.27. The molecule has 0 saturated carbocycles. The second-order valence-corrected chi connectivity index (χ2v) is 10.0. The van der Waals surface area contributed by atoms with Crippen molar-refractivity contribution in [1.82, 2.24) is 14.8 Å². The van der Waals surface area contributed by atoms with E-state index in [1.165, 1.54) is 48.2 Å². The second-order valence-electron chi connectivity index (χ2n) is 6.88. The molecule has 3 rings (SSSR count). The van der Waals surface area contributed by atoms with Crippen LogP contribution in [0.15, 0.2) is 77.3 Å². The smallest absolute Gasteiger partial charge is 0.237 e. The van der Waals surface area contributed by atoms with E-state index >= 15 is 0 Å². The Bertz CT molecular complexity index is 1180. The molecule has 32 heavy (non-hydrogen) atoms. The average Bonchev–Trinajstić information content (AvgIpc) is 3.14. The zero-order valence-corrected chi connectivity index (χ0v) is 19.1. The summed E-state index contributed by atoms with van der Waals surface area (Å²) in [5, 5.41) is 10.9. The van der Waals surface area contributed by atoms with E-state index in [-0.39, 0.29) is 28.2 Å². The number of carbonyl (C=O) groups is 1. The van der Waals surface area contributed by atoms with Crippen LogP contribution in [0.4, 0.5) is 10.1 Å². The molecule has 2 aromatic carbocycles. The number of nitrogens with zero attached hydrogens (tertiary/aromatic N) is 3. The highest BCUT2D eigenvalue weighted by molar-refractivity contribution is 8.00. The van der Waals surface area contributed by atoms with E-state index in [0.29, 0.717) is 23.8 Å². The molecule has 0 aliphatic carbocycles. The maximum Gasteiger partial charge on any atom is 0.237 e. The van der Waals surface area contributed by atoms with Gasteiger partial charge in [0.15, 0.2) is 15.0 Å². The molecule has 3 aromatic rings. The number of aromatic nitrogens is 3. The van der Waals surface area contributed by atoms with Crippen LogP contribution in [0.2, 0.25) is 0 Å². The van der Waals surface area contributed by atoms with E-state index in [2.05, 4.69) is 22.1 Å². The number of allylic oxidation sites excluding steroid dienone is 1. The van der Waals surface area contributed by atoms with Crippen LogP contribution < -0.4 is 5.32 Å². The minimum absolute atomic E-state index is 0.201. The van der Waals surface area contributed by atoms with Gasteiger partial charge in [0.2, 0.25) is 5.91 Å². The number of benzene rings is 2. The maximum absolute atomic E-state index is 13.1. The van der Waals surface area contributed by atoms with Gasteiger partial charge in [-0.3, -0.25) is 4.79 Å². The van der Waals surface area contributed by atoms with Crippen molar-refractivity contribution < 1.29 is 17.6 Å². The highest BCUT2D eigenvalue weighted by Gasteiger charge is 2.25. The van der Waals surface area contributed by atoms with Gasteiger partial charge in [0.05, 0.1) is 10.1 Å². The van der Waals surface area contributed by atoms with E-state index in [4.69, 9.17) is 0 Å². The molecule has 10 heteroatoms. The van der Waals surface area contributed by atoms with Crippen LogP contribution in [0.3, 0.4) is 0 Å². The monoisotopic (exact) mass is 474 g/mol. The van der Waals surface area contributed by atoms with Gasteiger partial charge in [0, 0.05) is 12.2 Å². The fraction of sp³-hybridized carbons (Fsp3) is 0.227. The van der Waals surface area contributed by atoms with Gasteiger partial charge in [-0.15, -0.1) is 16.8 Å². The molecule has 0 aliphatic heterocycles. The summed E-state index contributed by atoms with van der Waals surface area (Å²) in [5.41, 5.74) is 0.484. The average molecular weight is 475 g/mol. The Morgan fingerprint density at radius 2 is 1.88 bits per heavy atom. The van der Waals surface area contributed by atoms with Crippen LogP contribution in [0.1, 0.15) is 19.2 Å². The van der Waals surface area contributed by atoms with E-state index in [1.54, 1.807) is 28.8 Å². The van der Waals surface area contributed by atoms with Gasteiger partial charge in [0.1, 0.15) is 17.4 Å². The van der Waals surface area contributed by atoms with Crippen LogP contribution in [0, 0.1) is 5.82 Å². The van der Waals surface area contributed by atoms with Crippen molar-refractivity contribution in [1.29, 1.82) is 0 Å². The minimum Gasteiger partial charge on any atom is -0.325 e. The summed E-state index contributed by atoms with van der Waals surface area (Å²) in [6.07, 6.45) is 2.11. The summed E-state index contributed by atoms with van der Waals surface area (Å²) in [5.74, 6) is -0.711. The Balaban J connectivity index is 1.79. The van der Waals surface area contributed by atoms with Gasteiger partial charge in [-0.25, -0.2) is 12.8 Å². The summed E-state index contributed by atoms with van der Waals surface area (Å²) in [6, 6.07) is 13.6. The predicted octanol–water partition coefficient (Wildman–Crippen LogP) is 4.09. The van der Waals surface area contributed by atoms with Crippen molar-refractivity contribution in [3.05, 3.63) is 78.9 Å². The Hall–Kier alpha value is -2.98. The predicted molar refractivity (Wildman–Crippen MR) is 123 cm³/mol. The summed E-state index contributed by atoms with van der Waals surface area (Å²) < 4.78 is 40.3. The SMILES string of the molecule is C=CCn1c(CS(=O)(=O)c2ccccc2)nnc1SC(CC)C(=O)Nc1ccc(F)cc1. The number of rotatable bonds is 10. The number of hydrogen-bond acceptors (Lipinski definition) is 6. The number of amides is 1. The third kappa shape index (κ3) is 5.83. The van der Waals surface area contributed by atoms with Crippen LogP contribution in [0.25, 0.3) is 0 Å². The van der Waals surface area contributed by atoms with Crippen molar-refractivity contribution in [2.45, 2.75) is 40.9 Å². The van der Waals surface area contributed by atoms with Gasteiger partial charge in [-0.05, 0) is 42.8 Å². The van der Waals surface area contributed by atoms with Gasteiger partial charge in [-0.1, -0.05) is 43.0 Å². The third-order valence-corrected chi connectivity index (χ3v) is 7.52. The van der Waals surface area contributed by atoms with Crippen molar-refractivity contribution >= 4 is 33.2 Å². The summed E-state index contributed by atoms with van der Waals surface area (Å²) in [6.45, 7) is 5.88. The number of anilines is 1. The lowest BCUT2D eigenvalue weighted by Crippen LogP contribution is -2.25. The lowest BCUT2D eigenvalue weighted by molar-refractivity contribution is -0.115. The molecule has 0 bridgehead atoms. The fourth-order valence-electron chi connectivity index (χ4n) is 2.91. The number of sulfone groups is 1. The molecule has 1 atom stereocenters. The van der Waals surface area contributed by atoms with Gasteiger partial charge in [0.25, 0.3) is 0 Å².